The third-order valence-electron chi connectivity index (χ3n) is 10.2. The largest absolute Gasteiger partial charge is 0.390 e. The van der Waals surface area contributed by atoms with E-state index in [0.29, 0.717) is 12.8 Å². The number of carbonyl (C=O) groups is 3. The molecule has 0 aromatic heterocycles. The lowest BCUT2D eigenvalue weighted by molar-refractivity contribution is -0.241. The van der Waals surface area contributed by atoms with Crippen LogP contribution in [0.15, 0.2) is 11.6 Å². The number of ketones is 2. The Labute approximate surface area is 214 Å². The van der Waals surface area contributed by atoms with E-state index in [1.54, 1.807) is 6.92 Å². The fourth-order valence-corrected chi connectivity index (χ4v) is 9.07. The van der Waals surface area contributed by atoms with E-state index in [4.69, 9.17) is 9.47 Å². The van der Waals surface area contributed by atoms with Gasteiger partial charge in [0.25, 0.3) is 0 Å². The number of thioether (sulfide) groups is 1. The van der Waals surface area contributed by atoms with Crippen molar-refractivity contribution in [1.82, 2.24) is 0 Å². The molecular formula is C27H36F2O6S. The van der Waals surface area contributed by atoms with E-state index in [0.717, 1.165) is 18.2 Å². The summed E-state index contributed by atoms with van der Waals surface area (Å²) >= 11 is 0.900. The van der Waals surface area contributed by atoms with E-state index in [1.807, 2.05) is 13.8 Å². The van der Waals surface area contributed by atoms with Gasteiger partial charge < -0.3 is 14.6 Å². The molecule has 5 aliphatic rings. The number of aliphatic hydroxyl groups excluding tert-OH is 1. The van der Waals surface area contributed by atoms with E-state index in [2.05, 4.69) is 0 Å². The zero-order chi connectivity index (χ0) is 26.3. The number of aliphatic hydroxyl groups is 1. The van der Waals surface area contributed by atoms with Crippen LogP contribution in [-0.4, -0.2) is 63.5 Å². The van der Waals surface area contributed by atoms with Gasteiger partial charge in [-0.2, -0.15) is 0 Å². The van der Waals surface area contributed by atoms with E-state index in [1.165, 1.54) is 13.0 Å². The smallest absolute Gasteiger partial charge is 0.186 e. The number of alkyl halides is 2. The van der Waals surface area contributed by atoms with Crippen molar-refractivity contribution in [2.75, 3.05) is 5.75 Å². The molecular weight excluding hydrogens is 490 g/mol. The minimum Gasteiger partial charge on any atom is -0.390 e. The van der Waals surface area contributed by atoms with Crippen molar-refractivity contribution in [3.63, 3.8) is 0 Å². The van der Waals surface area contributed by atoms with Crippen LogP contribution in [0.5, 0.6) is 0 Å². The van der Waals surface area contributed by atoms with Gasteiger partial charge in [-0.05, 0) is 49.7 Å². The maximum Gasteiger partial charge on any atom is 0.186 e. The van der Waals surface area contributed by atoms with Crippen molar-refractivity contribution in [1.29, 1.82) is 0 Å². The predicted molar refractivity (Wildman–Crippen MR) is 130 cm³/mol. The molecule has 36 heavy (non-hydrogen) atoms. The molecule has 9 heteroatoms. The first kappa shape index (κ1) is 26.4. The highest BCUT2D eigenvalue weighted by Crippen LogP contribution is 2.72. The number of ether oxygens (including phenoxy) is 2. The summed E-state index contributed by atoms with van der Waals surface area (Å²) in [6, 6.07) is 0. The SMILES string of the molecule is CCC[C@@H]1O[C@@H]2C[C@H]3[C@@H]4C[C@H](F)C5=CC(=O)CC[C@]5(C)[C@@]4(F)[C@@H](O)C[C@]3(C)[C@]2(C(=O)CSC(C)=O)O1. The maximum atomic E-state index is 17.4. The lowest BCUT2D eigenvalue weighted by atomic mass is 9.43. The highest BCUT2D eigenvalue weighted by atomic mass is 32.2. The highest BCUT2D eigenvalue weighted by molar-refractivity contribution is 8.14. The summed E-state index contributed by atoms with van der Waals surface area (Å²) in [4.78, 5) is 37.6. The second-order valence-electron chi connectivity index (χ2n) is 11.9. The van der Waals surface area contributed by atoms with Gasteiger partial charge in [0, 0.05) is 30.1 Å². The first-order chi connectivity index (χ1) is 16.8. The van der Waals surface area contributed by atoms with Crippen molar-refractivity contribution < 1.29 is 37.7 Å². The van der Waals surface area contributed by atoms with Gasteiger partial charge in [0.2, 0.25) is 0 Å². The molecule has 5 rings (SSSR count). The lowest BCUT2D eigenvalue weighted by Crippen LogP contribution is -2.71. The summed E-state index contributed by atoms with van der Waals surface area (Å²) in [6.45, 7) is 6.86. The molecule has 1 saturated heterocycles. The monoisotopic (exact) mass is 526 g/mol. The van der Waals surface area contributed by atoms with Crippen LogP contribution >= 0.6 is 11.8 Å². The molecule has 1 heterocycles. The second kappa shape index (κ2) is 8.68. The van der Waals surface area contributed by atoms with Crippen LogP contribution in [0.1, 0.15) is 72.6 Å². The van der Waals surface area contributed by atoms with Gasteiger partial charge in [-0.3, -0.25) is 14.4 Å². The van der Waals surface area contributed by atoms with Crippen molar-refractivity contribution in [2.24, 2.45) is 22.7 Å². The molecule has 0 radical (unpaired) electrons. The highest BCUT2D eigenvalue weighted by Gasteiger charge is 2.80. The van der Waals surface area contributed by atoms with Gasteiger partial charge >= 0.3 is 0 Å². The van der Waals surface area contributed by atoms with Crippen molar-refractivity contribution in [2.45, 2.75) is 109 Å². The number of halogens is 2. The number of fused-ring (bicyclic) bond motifs is 7. The van der Waals surface area contributed by atoms with Gasteiger partial charge in [-0.1, -0.05) is 39.0 Å². The fourth-order valence-electron chi connectivity index (χ4n) is 8.52. The van der Waals surface area contributed by atoms with Gasteiger partial charge in [0.05, 0.1) is 18.0 Å². The molecule has 0 spiro atoms. The van der Waals surface area contributed by atoms with Crippen molar-refractivity contribution in [3.8, 4) is 0 Å². The summed E-state index contributed by atoms with van der Waals surface area (Å²) in [5.41, 5.74) is -5.75. The number of allylic oxidation sites excluding steroid dienone is 1. The van der Waals surface area contributed by atoms with Gasteiger partial charge in [-0.15, -0.1) is 0 Å². The van der Waals surface area contributed by atoms with E-state index in [-0.39, 0.29) is 53.7 Å². The minimum absolute atomic E-state index is 0.0480. The van der Waals surface area contributed by atoms with E-state index >= 15 is 8.78 Å². The van der Waals surface area contributed by atoms with Gasteiger partial charge in [0.15, 0.2) is 28.6 Å². The van der Waals surface area contributed by atoms with Crippen LogP contribution in [0.2, 0.25) is 0 Å². The number of rotatable bonds is 5. The van der Waals surface area contributed by atoms with Crippen LogP contribution in [0, 0.1) is 22.7 Å². The molecule has 1 aliphatic heterocycles. The topological polar surface area (TPSA) is 89.9 Å². The summed E-state index contributed by atoms with van der Waals surface area (Å²) in [5, 5.41) is 11.4. The molecule has 0 unspecified atom stereocenters. The second-order valence-corrected chi connectivity index (χ2v) is 13.0. The predicted octanol–water partition coefficient (Wildman–Crippen LogP) is 4.27. The molecule has 0 aromatic carbocycles. The fraction of sp³-hybridized carbons (Fsp3) is 0.815. The molecule has 4 fully saturated rings. The Hall–Kier alpha value is -1.16. The van der Waals surface area contributed by atoms with Gasteiger partial charge in [0.1, 0.15) is 11.8 Å². The molecule has 0 bridgehead atoms. The van der Waals surface area contributed by atoms with Crippen LogP contribution in [0.3, 0.4) is 0 Å². The number of Topliss-reactive ketones (excluding diaryl/α,β-unsaturated/α-hetero) is 1. The van der Waals surface area contributed by atoms with Crippen molar-refractivity contribution >= 4 is 28.4 Å². The zero-order valence-electron chi connectivity index (χ0n) is 21.4. The maximum absolute atomic E-state index is 17.4. The Morgan fingerprint density at radius 3 is 2.64 bits per heavy atom. The molecule has 1 N–H and O–H groups in total. The third-order valence-corrected chi connectivity index (χ3v) is 11.0. The molecule has 0 amide bonds. The Kier molecular flexibility index (Phi) is 6.38. The molecule has 200 valence electrons. The Bertz CT molecular complexity index is 1020. The van der Waals surface area contributed by atoms with Crippen molar-refractivity contribution in [3.05, 3.63) is 11.6 Å². The molecule has 4 aliphatic carbocycles. The van der Waals surface area contributed by atoms with E-state index < -0.39 is 58.6 Å². The quantitative estimate of drug-likeness (QED) is 0.572. The summed E-state index contributed by atoms with van der Waals surface area (Å²) in [5.74, 6) is -1.95. The average Bonchev–Trinajstić information content (AvgIpc) is 3.28. The third kappa shape index (κ3) is 3.27. The van der Waals surface area contributed by atoms with Gasteiger partial charge in [-0.25, -0.2) is 8.78 Å². The molecule has 0 aromatic rings. The Morgan fingerprint density at radius 2 is 1.97 bits per heavy atom. The first-order valence-electron chi connectivity index (χ1n) is 13.1. The summed E-state index contributed by atoms with van der Waals surface area (Å²) in [6.07, 6.45) is -1.28. The number of hydrogen-bond acceptors (Lipinski definition) is 7. The normalized spacial score (nSPS) is 49.5. The first-order valence-corrected chi connectivity index (χ1v) is 14.1. The standard InChI is InChI=1S/C27H36F2O6S/c1-5-6-23-34-22-11-16-17-10-19(28)18-9-15(31)7-8-24(18,3)26(17,29)20(32)12-25(16,4)27(22,35-23)21(33)13-36-14(2)30/h9,16-17,19-20,22-23,32H,5-8,10-13H2,1-4H3/t16-,17-,19-,20-,22+,23+,24-,25-,26-,27+/m0/s1. The molecule has 6 nitrogen and oxygen atoms in total. The van der Waals surface area contributed by atoms with Crippen LogP contribution in [0.25, 0.3) is 0 Å². The lowest BCUT2D eigenvalue weighted by Gasteiger charge is -2.64. The number of hydrogen-bond donors (Lipinski definition) is 1. The molecule has 3 saturated carbocycles. The average molecular weight is 527 g/mol. The van der Waals surface area contributed by atoms with Crippen LogP contribution < -0.4 is 0 Å². The summed E-state index contributed by atoms with van der Waals surface area (Å²) < 4.78 is 45.8. The van der Waals surface area contributed by atoms with E-state index in [9.17, 15) is 19.5 Å². The number of carbonyl (C=O) groups excluding carboxylic acids is 3. The summed E-state index contributed by atoms with van der Waals surface area (Å²) in [7, 11) is 0. The molecule has 10 atom stereocenters. The van der Waals surface area contributed by atoms with Crippen LogP contribution in [0.4, 0.5) is 8.78 Å². The minimum atomic E-state index is -2.15. The Morgan fingerprint density at radius 1 is 1.25 bits per heavy atom. The van der Waals surface area contributed by atoms with Crippen LogP contribution in [-0.2, 0) is 23.9 Å². The zero-order valence-corrected chi connectivity index (χ0v) is 22.2. The Balaban J connectivity index is 1.59.